The van der Waals surface area contributed by atoms with Gasteiger partial charge >= 0.3 is 0 Å². The van der Waals surface area contributed by atoms with Crippen LogP contribution in [0.1, 0.15) is 58.4 Å². The number of amides is 2. The summed E-state index contributed by atoms with van der Waals surface area (Å²) >= 11 is 0. The van der Waals surface area contributed by atoms with E-state index in [1.807, 2.05) is 39.0 Å². The lowest BCUT2D eigenvalue weighted by Gasteiger charge is -2.43. The quantitative estimate of drug-likeness (QED) is 0.792. The number of hydrogen-bond acceptors (Lipinski definition) is 2. The van der Waals surface area contributed by atoms with Crippen LogP contribution < -0.4 is 10.6 Å². The van der Waals surface area contributed by atoms with Crippen molar-refractivity contribution in [2.45, 2.75) is 58.4 Å². The third kappa shape index (κ3) is 4.57. The Kier molecular flexibility index (Phi) is 5.45. The van der Waals surface area contributed by atoms with E-state index in [4.69, 9.17) is 0 Å². The van der Waals surface area contributed by atoms with Gasteiger partial charge in [-0.15, -0.1) is 0 Å². The highest BCUT2D eigenvalue weighted by molar-refractivity contribution is 5.81. The molecule has 1 aliphatic rings. The average Bonchev–Trinajstić information content (AvgIpc) is 2.47. The van der Waals surface area contributed by atoms with Gasteiger partial charge in [-0.2, -0.15) is 0 Å². The van der Waals surface area contributed by atoms with Crippen LogP contribution in [0, 0.1) is 5.41 Å². The summed E-state index contributed by atoms with van der Waals surface area (Å²) in [5, 5.41) is 6.09. The fourth-order valence-electron chi connectivity index (χ4n) is 2.82. The van der Waals surface area contributed by atoms with Crippen LogP contribution >= 0.6 is 0 Å². The van der Waals surface area contributed by atoms with Gasteiger partial charge in [0.25, 0.3) is 0 Å². The summed E-state index contributed by atoms with van der Waals surface area (Å²) < 4.78 is 0. The molecule has 4 heteroatoms. The Labute approximate surface area is 139 Å². The second kappa shape index (κ2) is 7.16. The molecule has 4 nitrogen and oxygen atoms in total. The molecule has 1 aromatic carbocycles. The lowest BCUT2D eigenvalue weighted by molar-refractivity contribution is -0.129. The second-order valence-electron chi connectivity index (χ2n) is 7.46. The van der Waals surface area contributed by atoms with E-state index in [9.17, 15) is 9.59 Å². The zero-order valence-electron chi connectivity index (χ0n) is 14.4. The van der Waals surface area contributed by atoms with E-state index in [-0.39, 0.29) is 22.8 Å². The van der Waals surface area contributed by atoms with Crippen molar-refractivity contribution in [2.24, 2.45) is 5.41 Å². The van der Waals surface area contributed by atoms with Crippen molar-refractivity contribution < 1.29 is 9.59 Å². The number of rotatable bonds is 6. The lowest BCUT2D eigenvalue weighted by Crippen LogP contribution is -2.50. The number of carbonyl (C=O) groups excluding carboxylic acids is 2. The molecule has 2 N–H and O–H groups in total. The van der Waals surface area contributed by atoms with E-state index >= 15 is 0 Å². The predicted molar refractivity (Wildman–Crippen MR) is 91.8 cm³/mol. The largest absolute Gasteiger partial charge is 0.356 e. The minimum absolute atomic E-state index is 0.0256. The zero-order chi connectivity index (χ0) is 16.9. The molecular weight excluding hydrogens is 288 g/mol. The summed E-state index contributed by atoms with van der Waals surface area (Å²) in [6, 6.07) is 10.2. The molecule has 0 heterocycles. The third-order valence-corrected chi connectivity index (χ3v) is 4.46. The Hall–Kier alpha value is -1.84. The molecule has 0 aliphatic heterocycles. The van der Waals surface area contributed by atoms with Crippen molar-refractivity contribution in [3.8, 4) is 0 Å². The van der Waals surface area contributed by atoms with Gasteiger partial charge in [0.1, 0.15) is 0 Å². The van der Waals surface area contributed by atoms with Gasteiger partial charge in [0, 0.05) is 18.4 Å². The fourth-order valence-corrected chi connectivity index (χ4v) is 2.82. The van der Waals surface area contributed by atoms with Crippen LogP contribution in [0.4, 0.5) is 0 Å². The van der Waals surface area contributed by atoms with Gasteiger partial charge in [-0.05, 0) is 31.2 Å². The monoisotopic (exact) mass is 316 g/mol. The van der Waals surface area contributed by atoms with E-state index in [2.05, 4.69) is 22.8 Å². The molecule has 2 amide bonds. The van der Waals surface area contributed by atoms with Crippen LogP contribution in [0.3, 0.4) is 0 Å². The average molecular weight is 316 g/mol. The topological polar surface area (TPSA) is 58.2 Å². The zero-order valence-corrected chi connectivity index (χ0v) is 14.4. The maximum atomic E-state index is 12.2. The first kappa shape index (κ1) is 17.5. The molecule has 0 atom stereocenters. The van der Waals surface area contributed by atoms with Gasteiger partial charge in [-0.1, -0.05) is 51.1 Å². The lowest BCUT2D eigenvalue weighted by atomic mass is 9.71. The van der Waals surface area contributed by atoms with Crippen LogP contribution in [-0.2, 0) is 15.1 Å². The van der Waals surface area contributed by atoms with E-state index < -0.39 is 0 Å². The van der Waals surface area contributed by atoms with E-state index in [1.54, 1.807) is 0 Å². The summed E-state index contributed by atoms with van der Waals surface area (Å²) in [7, 11) is 0. The first-order chi connectivity index (χ1) is 10.8. The number of nitrogens with one attached hydrogen (secondary N) is 2. The summed E-state index contributed by atoms with van der Waals surface area (Å²) in [4.78, 5) is 24.0. The number of carbonyl (C=O) groups is 2. The SMILES string of the molecule is CC(C)(C)C(=O)NCCCC(=O)NC1(c2ccccc2)CCC1. The number of benzene rings is 1. The predicted octanol–water partition coefficient (Wildman–Crippen LogP) is 3.12. The van der Waals surface area contributed by atoms with Crippen molar-refractivity contribution in [1.82, 2.24) is 10.6 Å². The Morgan fingerprint density at radius 1 is 1.13 bits per heavy atom. The van der Waals surface area contributed by atoms with Crippen LogP contribution in [0.25, 0.3) is 0 Å². The highest BCUT2D eigenvalue weighted by Gasteiger charge is 2.39. The van der Waals surface area contributed by atoms with Gasteiger partial charge in [0.05, 0.1) is 5.54 Å². The van der Waals surface area contributed by atoms with E-state index in [0.29, 0.717) is 19.4 Å². The molecule has 1 saturated carbocycles. The molecular formula is C19H28N2O2. The van der Waals surface area contributed by atoms with Crippen molar-refractivity contribution in [3.05, 3.63) is 35.9 Å². The fraction of sp³-hybridized carbons (Fsp3) is 0.579. The summed E-state index contributed by atoms with van der Waals surface area (Å²) in [6.45, 7) is 6.20. The Bertz CT molecular complexity index is 542. The molecule has 2 rings (SSSR count). The first-order valence-corrected chi connectivity index (χ1v) is 8.48. The number of hydrogen-bond donors (Lipinski definition) is 2. The molecule has 1 aliphatic carbocycles. The van der Waals surface area contributed by atoms with Crippen LogP contribution in [0.2, 0.25) is 0 Å². The minimum atomic E-state index is -0.383. The first-order valence-electron chi connectivity index (χ1n) is 8.48. The molecule has 23 heavy (non-hydrogen) atoms. The second-order valence-corrected chi connectivity index (χ2v) is 7.46. The molecule has 126 valence electrons. The summed E-state index contributed by atoms with van der Waals surface area (Å²) in [5.74, 6) is 0.0937. The van der Waals surface area contributed by atoms with Gasteiger partial charge < -0.3 is 10.6 Å². The molecule has 1 aromatic rings. The smallest absolute Gasteiger partial charge is 0.225 e. The van der Waals surface area contributed by atoms with Gasteiger partial charge in [-0.3, -0.25) is 9.59 Å². The van der Waals surface area contributed by atoms with Crippen molar-refractivity contribution in [3.63, 3.8) is 0 Å². The molecule has 0 saturated heterocycles. The molecule has 0 bridgehead atoms. The van der Waals surface area contributed by atoms with Gasteiger partial charge in [-0.25, -0.2) is 0 Å². The van der Waals surface area contributed by atoms with Crippen molar-refractivity contribution in [1.29, 1.82) is 0 Å². The molecule has 0 spiro atoms. The summed E-state index contributed by atoms with van der Waals surface area (Å²) in [5.41, 5.74) is 0.638. The molecule has 1 fully saturated rings. The van der Waals surface area contributed by atoms with Crippen molar-refractivity contribution >= 4 is 11.8 Å². The molecule has 0 radical (unpaired) electrons. The standard InChI is InChI=1S/C19H28N2O2/c1-18(2,3)17(23)20-14-7-11-16(22)21-19(12-8-13-19)15-9-5-4-6-10-15/h4-6,9-10H,7-8,11-14H2,1-3H3,(H,20,23)(H,21,22). The van der Waals surface area contributed by atoms with Gasteiger partial charge in [0.15, 0.2) is 0 Å². The van der Waals surface area contributed by atoms with Crippen LogP contribution in [0.15, 0.2) is 30.3 Å². The molecule has 0 aromatic heterocycles. The van der Waals surface area contributed by atoms with Gasteiger partial charge in [0.2, 0.25) is 11.8 Å². The van der Waals surface area contributed by atoms with Crippen LogP contribution in [0.5, 0.6) is 0 Å². The van der Waals surface area contributed by atoms with Crippen LogP contribution in [-0.4, -0.2) is 18.4 Å². The highest BCUT2D eigenvalue weighted by atomic mass is 16.2. The van der Waals surface area contributed by atoms with E-state index in [1.165, 1.54) is 5.56 Å². The Morgan fingerprint density at radius 2 is 1.78 bits per heavy atom. The Morgan fingerprint density at radius 3 is 2.30 bits per heavy atom. The van der Waals surface area contributed by atoms with E-state index in [0.717, 1.165) is 19.3 Å². The summed E-state index contributed by atoms with van der Waals surface area (Å²) in [6.07, 6.45) is 4.27. The Balaban J connectivity index is 1.77. The maximum absolute atomic E-state index is 12.2. The minimum Gasteiger partial charge on any atom is -0.356 e. The molecule has 0 unspecified atom stereocenters. The normalized spacial score (nSPS) is 16.3. The van der Waals surface area contributed by atoms with Crippen molar-refractivity contribution in [2.75, 3.05) is 6.54 Å². The third-order valence-electron chi connectivity index (χ3n) is 4.46. The maximum Gasteiger partial charge on any atom is 0.225 e. The highest BCUT2D eigenvalue weighted by Crippen LogP contribution is 2.41.